The van der Waals surface area contributed by atoms with E-state index in [1.165, 1.54) is 0 Å². The number of Topliss-reactive ketones (excluding diaryl/α,β-unsaturated/α-hetero) is 1. The predicted molar refractivity (Wildman–Crippen MR) is 159 cm³/mol. The summed E-state index contributed by atoms with van der Waals surface area (Å²) >= 11 is 0. The third-order valence-corrected chi connectivity index (χ3v) is 17.0. The summed E-state index contributed by atoms with van der Waals surface area (Å²) in [5.41, 5.74) is 2.15. The zero-order chi connectivity index (χ0) is 28.6. The van der Waals surface area contributed by atoms with E-state index >= 15 is 0 Å². The summed E-state index contributed by atoms with van der Waals surface area (Å²) < 4.78 is 13.3. The monoisotopic (exact) mass is 558 g/mol. The van der Waals surface area contributed by atoms with E-state index in [-0.39, 0.29) is 60.2 Å². The molecule has 3 aliphatic carbocycles. The van der Waals surface area contributed by atoms with Crippen LogP contribution in [0.15, 0.2) is 23.8 Å². The summed E-state index contributed by atoms with van der Waals surface area (Å²) in [5.74, 6) is 0.565. The number of cyclic esters (lactones) is 1. The highest BCUT2D eigenvalue weighted by atomic mass is 28.4. The van der Waals surface area contributed by atoms with E-state index in [1.807, 2.05) is 0 Å². The standard InChI is InChI=1S/C33H54O5Si/c1-9-25-11-10-12-31(38-39(19(2)3,20(4)5)21(6)7)22(8)33(36)30-17-28-26(29(30)18-32(35)37-25)14-13-23-15-24(34)16-27(23)28/h13-14,17,19-29,31,34H,9-12,15-16,18H2,1-8H3/t22-,23-,24-,25+,26-,27-,28-,29+,31+/m0/s1. The second-order valence-electron chi connectivity index (χ2n) is 14.0. The highest BCUT2D eigenvalue weighted by Gasteiger charge is 2.51. The number of ether oxygens (including phenoxy) is 1. The maximum Gasteiger partial charge on any atom is 0.306 e. The summed E-state index contributed by atoms with van der Waals surface area (Å²) in [7, 11) is -2.20. The second kappa shape index (κ2) is 12.3. The molecule has 0 spiro atoms. The quantitative estimate of drug-likeness (QED) is 0.209. The summed E-state index contributed by atoms with van der Waals surface area (Å²) in [6, 6.07) is 0. The van der Waals surface area contributed by atoms with Crippen molar-refractivity contribution in [2.24, 2.45) is 35.5 Å². The van der Waals surface area contributed by atoms with E-state index in [0.29, 0.717) is 28.5 Å². The van der Waals surface area contributed by atoms with Gasteiger partial charge in [-0.2, -0.15) is 0 Å². The Balaban J connectivity index is 1.71. The van der Waals surface area contributed by atoms with Crippen molar-refractivity contribution in [3.8, 4) is 0 Å². The number of ketones is 1. The van der Waals surface area contributed by atoms with Gasteiger partial charge in [0.25, 0.3) is 0 Å². The molecule has 4 rings (SSSR count). The average molecular weight is 559 g/mol. The van der Waals surface area contributed by atoms with E-state index in [1.54, 1.807) is 0 Å². The van der Waals surface area contributed by atoms with E-state index < -0.39 is 8.32 Å². The highest BCUT2D eigenvalue weighted by molar-refractivity contribution is 6.77. The largest absolute Gasteiger partial charge is 0.462 e. The van der Waals surface area contributed by atoms with Crippen molar-refractivity contribution in [1.82, 2.24) is 0 Å². The van der Waals surface area contributed by atoms with Gasteiger partial charge in [-0.25, -0.2) is 0 Å². The van der Waals surface area contributed by atoms with Crippen molar-refractivity contribution in [3.05, 3.63) is 23.8 Å². The molecule has 4 aliphatic rings. The Hall–Kier alpha value is -1.24. The van der Waals surface area contributed by atoms with Crippen LogP contribution in [-0.4, -0.2) is 43.5 Å². The lowest BCUT2D eigenvalue weighted by Crippen LogP contribution is -2.52. The molecule has 1 saturated heterocycles. The van der Waals surface area contributed by atoms with E-state index in [4.69, 9.17) is 9.16 Å². The molecule has 0 aromatic carbocycles. The molecule has 0 bridgehead atoms. The topological polar surface area (TPSA) is 72.8 Å². The molecule has 39 heavy (non-hydrogen) atoms. The zero-order valence-electron chi connectivity index (χ0n) is 25.7. The molecule has 220 valence electrons. The van der Waals surface area contributed by atoms with Crippen LogP contribution in [0.25, 0.3) is 0 Å². The molecule has 1 N–H and O–H groups in total. The molecule has 1 saturated carbocycles. The van der Waals surface area contributed by atoms with Crippen molar-refractivity contribution in [1.29, 1.82) is 0 Å². The fraction of sp³-hybridized carbons (Fsp3) is 0.818. The first-order chi connectivity index (χ1) is 18.4. The fourth-order valence-corrected chi connectivity index (χ4v) is 14.6. The smallest absolute Gasteiger partial charge is 0.306 e. The third kappa shape index (κ3) is 5.90. The minimum Gasteiger partial charge on any atom is -0.462 e. The van der Waals surface area contributed by atoms with Crippen LogP contribution in [0.2, 0.25) is 16.6 Å². The Labute approximate surface area is 238 Å². The van der Waals surface area contributed by atoms with Crippen molar-refractivity contribution >= 4 is 20.1 Å². The van der Waals surface area contributed by atoms with Crippen molar-refractivity contribution in [2.45, 2.75) is 135 Å². The van der Waals surface area contributed by atoms with Gasteiger partial charge in [-0.3, -0.25) is 9.59 Å². The van der Waals surface area contributed by atoms with Gasteiger partial charge < -0.3 is 14.3 Å². The molecule has 5 nitrogen and oxygen atoms in total. The lowest BCUT2D eigenvalue weighted by Gasteiger charge is -2.46. The SMILES string of the molecule is CC[C@@H]1CCC[C@@H](O[Si](C(C)C)(C(C)C)C(C)C)[C@H](C)C(=O)C2=C[C@H]3[C@H](C=C[C@H]4C[C@H](O)C[C@H]34)[C@H]2CC(=O)O1. The number of rotatable bonds is 6. The van der Waals surface area contributed by atoms with Crippen LogP contribution < -0.4 is 0 Å². The van der Waals surface area contributed by atoms with Gasteiger partial charge in [-0.15, -0.1) is 0 Å². The Bertz CT molecular complexity index is 930. The van der Waals surface area contributed by atoms with E-state index in [2.05, 4.69) is 73.6 Å². The fourth-order valence-electron chi connectivity index (χ4n) is 8.93. The molecular weight excluding hydrogens is 504 g/mol. The number of carbonyl (C=O) groups excluding carboxylic acids is 2. The van der Waals surface area contributed by atoms with Crippen molar-refractivity contribution in [3.63, 3.8) is 0 Å². The van der Waals surface area contributed by atoms with Crippen LogP contribution in [0.5, 0.6) is 0 Å². The molecule has 9 atom stereocenters. The van der Waals surface area contributed by atoms with Crippen LogP contribution in [0, 0.1) is 35.5 Å². The first-order valence-electron chi connectivity index (χ1n) is 15.9. The van der Waals surface area contributed by atoms with Gasteiger partial charge in [0.2, 0.25) is 8.32 Å². The van der Waals surface area contributed by atoms with Gasteiger partial charge in [0, 0.05) is 11.8 Å². The number of hydrogen-bond acceptors (Lipinski definition) is 5. The minimum absolute atomic E-state index is 0.0910. The number of aliphatic hydroxyl groups is 1. The molecule has 6 heteroatoms. The van der Waals surface area contributed by atoms with Crippen LogP contribution in [-0.2, 0) is 18.8 Å². The van der Waals surface area contributed by atoms with Gasteiger partial charge in [-0.1, -0.05) is 73.6 Å². The summed E-state index contributed by atoms with van der Waals surface area (Å²) in [4.78, 5) is 27.6. The number of esters is 1. The maximum absolute atomic E-state index is 14.4. The normalized spacial score (nSPS) is 37.7. The van der Waals surface area contributed by atoms with Gasteiger partial charge >= 0.3 is 5.97 Å². The summed E-state index contributed by atoms with van der Waals surface area (Å²) in [6.45, 7) is 18.0. The molecule has 1 heterocycles. The zero-order valence-corrected chi connectivity index (χ0v) is 26.7. The van der Waals surface area contributed by atoms with Gasteiger partial charge in [0.15, 0.2) is 5.78 Å². The van der Waals surface area contributed by atoms with Gasteiger partial charge in [-0.05, 0) is 84.4 Å². The minimum atomic E-state index is -2.20. The summed E-state index contributed by atoms with van der Waals surface area (Å²) in [6.07, 6.45) is 11.3. The van der Waals surface area contributed by atoms with Crippen LogP contribution in [0.3, 0.4) is 0 Å². The van der Waals surface area contributed by atoms with E-state index in [0.717, 1.165) is 44.1 Å². The first-order valence-corrected chi connectivity index (χ1v) is 18.0. The molecule has 0 radical (unpaired) electrons. The Morgan fingerprint density at radius 3 is 2.28 bits per heavy atom. The van der Waals surface area contributed by atoms with E-state index in [9.17, 15) is 14.7 Å². The van der Waals surface area contributed by atoms with Crippen LogP contribution in [0.1, 0.15) is 100 Å². The van der Waals surface area contributed by atoms with Crippen LogP contribution >= 0.6 is 0 Å². The average Bonchev–Trinajstić information content (AvgIpc) is 3.42. The molecule has 2 fully saturated rings. The Morgan fingerprint density at radius 1 is 1.00 bits per heavy atom. The van der Waals surface area contributed by atoms with Gasteiger partial charge in [0.05, 0.1) is 18.6 Å². The van der Waals surface area contributed by atoms with Gasteiger partial charge in [0.1, 0.15) is 6.10 Å². The lowest BCUT2D eigenvalue weighted by molar-refractivity contribution is -0.151. The van der Waals surface area contributed by atoms with Crippen molar-refractivity contribution in [2.75, 3.05) is 0 Å². The number of hydrogen-bond donors (Lipinski definition) is 1. The van der Waals surface area contributed by atoms with Crippen molar-refractivity contribution < 1.29 is 23.9 Å². The first kappa shape index (κ1) is 30.7. The predicted octanol–water partition coefficient (Wildman–Crippen LogP) is 7.39. The number of fused-ring (bicyclic) bond motifs is 5. The Morgan fingerprint density at radius 2 is 1.67 bits per heavy atom. The third-order valence-electron chi connectivity index (χ3n) is 10.9. The summed E-state index contributed by atoms with van der Waals surface area (Å²) in [5, 5.41) is 10.4. The molecule has 0 aromatic rings. The molecule has 0 aromatic heterocycles. The maximum atomic E-state index is 14.4. The molecular formula is C33H54O5Si. The number of allylic oxidation sites excluding steroid dienone is 4. The molecule has 1 aliphatic heterocycles. The lowest BCUT2D eigenvalue weighted by atomic mass is 9.70. The molecule has 0 unspecified atom stereocenters. The Kier molecular flexibility index (Phi) is 9.70. The second-order valence-corrected chi connectivity index (χ2v) is 19.4. The number of aliphatic hydroxyl groups excluding tert-OH is 1. The molecule has 0 amide bonds. The van der Waals surface area contributed by atoms with Crippen LogP contribution in [0.4, 0.5) is 0 Å². The number of carbonyl (C=O) groups is 2. The highest BCUT2D eigenvalue weighted by Crippen LogP contribution is 2.54.